The smallest absolute Gasteiger partial charge is 0.224 e. The van der Waals surface area contributed by atoms with Crippen molar-refractivity contribution in [1.29, 1.82) is 0 Å². The number of ether oxygens (including phenoxy) is 1. The van der Waals surface area contributed by atoms with E-state index in [9.17, 15) is 0 Å². The summed E-state index contributed by atoms with van der Waals surface area (Å²) in [7, 11) is 3.54. The van der Waals surface area contributed by atoms with Gasteiger partial charge in [-0.15, -0.1) is 0 Å². The summed E-state index contributed by atoms with van der Waals surface area (Å²) in [6, 6.07) is 6.23. The normalized spacial score (nSPS) is 14.8. The van der Waals surface area contributed by atoms with Crippen molar-refractivity contribution in [2.45, 2.75) is 0 Å². The number of anilines is 2. The lowest BCUT2D eigenvalue weighted by Crippen LogP contribution is -2.46. The summed E-state index contributed by atoms with van der Waals surface area (Å²) in [5, 5.41) is 6.30. The lowest BCUT2D eigenvalue weighted by molar-refractivity contribution is 0.402. The first-order chi connectivity index (χ1) is 13.7. The third kappa shape index (κ3) is 2.75. The number of aryl methyl sites for hydroxylation is 1. The fraction of sp³-hybridized carbons (Fsp3) is 0.316. The first-order valence-corrected chi connectivity index (χ1v) is 9.16. The molecule has 1 aliphatic heterocycles. The molecule has 9 nitrogen and oxygen atoms in total. The van der Waals surface area contributed by atoms with Crippen molar-refractivity contribution in [1.82, 2.24) is 29.7 Å². The Morgan fingerprint density at radius 3 is 2.50 bits per heavy atom. The fourth-order valence-electron chi connectivity index (χ4n) is 3.75. The predicted molar refractivity (Wildman–Crippen MR) is 107 cm³/mol. The monoisotopic (exact) mass is 376 g/mol. The fourth-order valence-corrected chi connectivity index (χ4v) is 3.75. The van der Waals surface area contributed by atoms with Crippen molar-refractivity contribution < 1.29 is 4.74 Å². The van der Waals surface area contributed by atoms with E-state index in [1.807, 2.05) is 19.3 Å². The first-order valence-electron chi connectivity index (χ1n) is 9.16. The Hall–Kier alpha value is -3.49. The van der Waals surface area contributed by atoms with E-state index in [-0.39, 0.29) is 0 Å². The summed E-state index contributed by atoms with van der Waals surface area (Å²) < 4.78 is 7.17. The van der Waals surface area contributed by atoms with Crippen LogP contribution in [0.25, 0.3) is 21.9 Å². The largest absolute Gasteiger partial charge is 0.480 e. The van der Waals surface area contributed by atoms with E-state index in [1.165, 1.54) is 6.33 Å². The van der Waals surface area contributed by atoms with E-state index < -0.39 is 0 Å². The molecule has 1 aromatic carbocycles. The van der Waals surface area contributed by atoms with E-state index in [0.29, 0.717) is 5.88 Å². The number of nitrogens with zero attached hydrogens (tertiary/aromatic N) is 8. The van der Waals surface area contributed by atoms with Crippen LogP contribution in [0.4, 0.5) is 11.5 Å². The summed E-state index contributed by atoms with van der Waals surface area (Å²) in [5.41, 5.74) is 2.76. The molecule has 0 unspecified atom stereocenters. The molecular formula is C19H20N8O. The third-order valence-corrected chi connectivity index (χ3v) is 5.13. The van der Waals surface area contributed by atoms with Crippen molar-refractivity contribution in [3.05, 3.63) is 37.1 Å². The van der Waals surface area contributed by atoms with Gasteiger partial charge in [-0.25, -0.2) is 19.9 Å². The van der Waals surface area contributed by atoms with Crippen molar-refractivity contribution in [3.63, 3.8) is 0 Å². The van der Waals surface area contributed by atoms with Gasteiger partial charge in [-0.05, 0) is 18.2 Å². The van der Waals surface area contributed by atoms with E-state index in [4.69, 9.17) is 4.74 Å². The number of methoxy groups -OCH3 is 1. The minimum Gasteiger partial charge on any atom is -0.480 e. The lowest BCUT2D eigenvalue weighted by atomic mass is 10.2. The average Bonchev–Trinajstić information content (AvgIpc) is 3.13. The topological polar surface area (TPSA) is 85.1 Å². The van der Waals surface area contributed by atoms with Gasteiger partial charge in [-0.3, -0.25) is 4.68 Å². The van der Waals surface area contributed by atoms with Gasteiger partial charge in [0.1, 0.15) is 18.5 Å². The van der Waals surface area contributed by atoms with Gasteiger partial charge >= 0.3 is 0 Å². The van der Waals surface area contributed by atoms with Crippen LogP contribution in [0.3, 0.4) is 0 Å². The maximum atomic E-state index is 5.39. The molecule has 4 heterocycles. The molecule has 1 saturated heterocycles. The van der Waals surface area contributed by atoms with E-state index in [1.54, 1.807) is 18.1 Å². The molecular weight excluding hydrogens is 356 g/mol. The Balaban J connectivity index is 1.39. The van der Waals surface area contributed by atoms with Gasteiger partial charge in [0, 0.05) is 45.1 Å². The molecule has 0 saturated carbocycles. The van der Waals surface area contributed by atoms with Crippen LogP contribution >= 0.6 is 0 Å². The van der Waals surface area contributed by atoms with Crippen molar-refractivity contribution in [3.8, 4) is 5.88 Å². The first kappa shape index (κ1) is 16.7. The summed E-state index contributed by atoms with van der Waals surface area (Å²) in [5.74, 6) is 1.55. The molecule has 9 heteroatoms. The highest BCUT2D eigenvalue weighted by atomic mass is 16.5. The predicted octanol–water partition coefficient (Wildman–Crippen LogP) is 1.64. The molecule has 1 aliphatic rings. The molecule has 0 aliphatic carbocycles. The van der Waals surface area contributed by atoms with Gasteiger partial charge in [-0.2, -0.15) is 5.10 Å². The Morgan fingerprint density at radius 1 is 0.893 bits per heavy atom. The Labute approximate surface area is 161 Å². The highest BCUT2D eigenvalue weighted by Crippen LogP contribution is 2.28. The lowest BCUT2D eigenvalue weighted by Gasteiger charge is -2.36. The molecule has 0 N–H and O–H groups in total. The SMILES string of the molecule is COc1ncnc2ccc(N3CCN(c4ncnc5nn(C)cc45)CC3)cc12. The molecule has 5 rings (SSSR count). The summed E-state index contributed by atoms with van der Waals surface area (Å²) in [4.78, 5) is 22.0. The van der Waals surface area contributed by atoms with Gasteiger partial charge in [0.25, 0.3) is 0 Å². The zero-order valence-corrected chi connectivity index (χ0v) is 15.8. The molecule has 4 aromatic rings. The Kier molecular flexibility index (Phi) is 3.92. The molecule has 0 amide bonds. The molecule has 1 fully saturated rings. The van der Waals surface area contributed by atoms with Gasteiger partial charge in [0.05, 0.1) is 23.4 Å². The highest BCUT2D eigenvalue weighted by Gasteiger charge is 2.21. The van der Waals surface area contributed by atoms with Crippen molar-refractivity contribution in [2.75, 3.05) is 43.1 Å². The zero-order chi connectivity index (χ0) is 19.1. The minimum absolute atomic E-state index is 0.602. The standard InChI is InChI=1S/C19H20N8O/c1-25-10-15-17(24-25)21-12-22-18(15)27-7-5-26(6-8-27)13-3-4-16-14(9-13)19(28-2)23-11-20-16/h3-4,9-12H,5-8H2,1-2H3. The number of aromatic nitrogens is 6. The summed E-state index contributed by atoms with van der Waals surface area (Å²) in [6.07, 6.45) is 5.10. The van der Waals surface area contributed by atoms with Crippen LogP contribution in [0, 0.1) is 0 Å². The number of rotatable bonds is 3. The van der Waals surface area contributed by atoms with Crippen molar-refractivity contribution in [2.24, 2.45) is 7.05 Å². The second kappa shape index (κ2) is 6.59. The van der Waals surface area contributed by atoms with Crippen LogP contribution in [0.15, 0.2) is 37.1 Å². The maximum Gasteiger partial charge on any atom is 0.224 e. The van der Waals surface area contributed by atoms with Crippen LogP contribution in [-0.2, 0) is 7.05 Å². The molecule has 142 valence electrons. The number of piperazine rings is 1. The zero-order valence-electron chi connectivity index (χ0n) is 15.8. The summed E-state index contributed by atoms with van der Waals surface area (Å²) >= 11 is 0. The van der Waals surface area contributed by atoms with Crippen LogP contribution < -0.4 is 14.5 Å². The van der Waals surface area contributed by atoms with E-state index in [0.717, 1.165) is 59.6 Å². The number of hydrogen-bond donors (Lipinski definition) is 0. The minimum atomic E-state index is 0.602. The molecule has 0 atom stereocenters. The molecule has 0 bridgehead atoms. The molecule has 28 heavy (non-hydrogen) atoms. The average molecular weight is 376 g/mol. The second-order valence-electron chi connectivity index (χ2n) is 6.80. The summed E-state index contributed by atoms with van der Waals surface area (Å²) in [6.45, 7) is 3.55. The Morgan fingerprint density at radius 2 is 1.68 bits per heavy atom. The quantitative estimate of drug-likeness (QED) is 0.534. The van der Waals surface area contributed by atoms with E-state index in [2.05, 4.69) is 47.0 Å². The van der Waals surface area contributed by atoms with E-state index >= 15 is 0 Å². The van der Waals surface area contributed by atoms with Crippen LogP contribution in [0.5, 0.6) is 5.88 Å². The number of fused-ring (bicyclic) bond motifs is 2. The van der Waals surface area contributed by atoms with Crippen LogP contribution in [-0.4, -0.2) is 63.0 Å². The number of hydrogen-bond acceptors (Lipinski definition) is 8. The van der Waals surface area contributed by atoms with Gasteiger partial charge < -0.3 is 14.5 Å². The molecule has 3 aromatic heterocycles. The van der Waals surface area contributed by atoms with Crippen LogP contribution in [0.2, 0.25) is 0 Å². The Bertz CT molecular complexity index is 1150. The van der Waals surface area contributed by atoms with Gasteiger partial charge in [0.2, 0.25) is 5.88 Å². The number of benzene rings is 1. The van der Waals surface area contributed by atoms with Crippen molar-refractivity contribution >= 4 is 33.4 Å². The second-order valence-corrected chi connectivity index (χ2v) is 6.80. The molecule has 0 radical (unpaired) electrons. The third-order valence-electron chi connectivity index (χ3n) is 5.13. The molecule has 0 spiro atoms. The van der Waals surface area contributed by atoms with Crippen LogP contribution in [0.1, 0.15) is 0 Å². The van der Waals surface area contributed by atoms with Gasteiger partial charge in [-0.1, -0.05) is 0 Å². The highest BCUT2D eigenvalue weighted by molar-refractivity contribution is 5.87. The maximum absolute atomic E-state index is 5.39. The van der Waals surface area contributed by atoms with Gasteiger partial charge in [0.15, 0.2) is 5.65 Å².